The first-order valence-electron chi connectivity index (χ1n) is 6.35. The first-order chi connectivity index (χ1) is 7.79. The molecule has 0 aromatic rings. The van der Waals surface area contributed by atoms with Crippen molar-refractivity contribution in [2.75, 3.05) is 26.4 Å². The Morgan fingerprint density at radius 2 is 2.12 bits per heavy atom. The fraction of sp³-hybridized carbons (Fsp3) is 0.846. The lowest BCUT2D eigenvalue weighted by Crippen LogP contribution is -2.55. The van der Waals surface area contributed by atoms with E-state index in [0.717, 1.165) is 45.6 Å². The third-order valence-electron chi connectivity index (χ3n) is 3.26. The van der Waals surface area contributed by atoms with E-state index < -0.39 is 0 Å². The van der Waals surface area contributed by atoms with E-state index in [1.165, 1.54) is 0 Å². The summed E-state index contributed by atoms with van der Waals surface area (Å²) in [6.07, 6.45) is 4.89. The Balaban J connectivity index is 2.73. The van der Waals surface area contributed by atoms with Gasteiger partial charge in [0.25, 0.3) is 0 Å². The van der Waals surface area contributed by atoms with Gasteiger partial charge in [0.15, 0.2) is 0 Å². The largest absolute Gasteiger partial charge is 0.381 e. The van der Waals surface area contributed by atoms with E-state index >= 15 is 0 Å². The highest BCUT2D eigenvalue weighted by Gasteiger charge is 2.40. The van der Waals surface area contributed by atoms with Crippen LogP contribution in [0.25, 0.3) is 0 Å². The number of rotatable bonds is 7. The van der Waals surface area contributed by atoms with Crippen LogP contribution in [0.5, 0.6) is 0 Å². The molecular weight excluding hydrogens is 202 g/mol. The maximum absolute atomic E-state index is 6.05. The Bertz CT molecular complexity index is 195. The van der Waals surface area contributed by atoms with Crippen LogP contribution in [0.3, 0.4) is 0 Å². The summed E-state index contributed by atoms with van der Waals surface area (Å²) in [5.74, 6) is 0. The van der Waals surface area contributed by atoms with Gasteiger partial charge in [0.2, 0.25) is 0 Å². The van der Waals surface area contributed by atoms with Crippen LogP contribution in [-0.4, -0.2) is 38.0 Å². The second kappa shape index (κ2) is 7.05. The van der Waals surface area contributed by atoms with Gasteiger partial charge in [-0.25, -0.2) is 0 Å². The van der Waals surface area contributed by atoms with Crippen molar-refractivity contribution < 1.29 is 9.47 Å². The Hall–Kier alpha value is -0.380. The molecule has 0 saturated carbocycles. The van der Waals surface area contributed by atoms with Crippen LogP contribution in [0.2, 0.25) is 0 Å². The van der Waals surface area contributed by atoms with Gasteiger partial charge >= 0.3 is 0 Å². The molecule has 1 saturated heterocycles. The topological polar surface area (TPSA) is 30.5 Å². The standard InChI is InChI=1S/C13H25NO2/c1-4-7-12(14-5-2)13(16-6-3)8-10-15-11-9-13/h4,12,14H,1,5-11H2,2-3H3. The van der Waals surface area contributed by atoms with Crippen LogP contribution in [0, 0.1) is 0 Å². The van der Waals surface area contributed by atoms with E-state index in [2.05, 4.69) is 25.7 Å². The fourth-order valence-electron chi connectivity index (χ4n) is 2.49. The van der Waals surface area contributed by atoms with Crippen molar-refractivity contribution >= 4 is 0 Å². The predicted molar refractivity (Wildman–Crippen MR) is 66.7 cm³/mol. The summed E-state index contributed by atoms with van der Waals surface area (Å²) >= 11 is 0. The van der Waals surface area contributed by atoms with Gasteiger partial charge in [0.05, 0.1) is 5.60 Å². The Morgan fingerprint density at radius 1 is 1.44 bits per heavy atom. The van der Waals surface area contributed by atoms with Gasteiger partial charge in [-0.15, -0.1) is 6.58 Å². The second-order valence-corrected chi connectivity index (χ2v) is 4.24. The lowest BCUT2D eigenvalue weighted by molar-refractivity contribution is -0.126. The minimum Gasteiger partial charge on any atom is -0.381 e. The smallest absolute Gasteiger partial charge is 0.0881 e. The maximum atomic E-state index is 6.05. The van der Waals surface area contributed by atoms with E-state index in [1.807, 2.05) is 6.08 Å². The van der Waals surface area contributed by atoms with E-state index in [0.29, 0.717) is 6.04 Å². The van der Waals surface area contributed by atoms with Crippen molar-refractivity contribution in [3.8, 4) is 0 Å². The van der Waals surface area contributed by atoms with Crippen LogP contribution in [-0.2, 0) is 9.47 Å². The van der Waals surface area contributed by atoms with Gasteiger partial charge in [-0.05, 0) is 19.9 Å². The van der Waals surface area contributed by atoms with Gasteiger partial charge in [-0.3, -0.25) is 0 Å². The highest BCUT2D eigenvalue weighted by Crippen LogP contribution is 2.30. The minimum absolute atomic E-state index is 0.0583. The summed E-state index contributed by atoms with van der Waals surface area (Å²) in [7, 11) is 0. The minimum atomic E-state index is -0.0583. The normalized spacial score (nSPS) is 21.6. The van der Waals surface area contributed by atoms with Crippen molar-refractivity contribution in [1.29, 1.82) is 0 Å². The summed E-state index contributed by atoms with van der Waals surface area (Å²) in [6, 6.07) is 0.360. The average molecular weight is 227 g/mol. The van der Waals surface area contributed by atoms with Crippen molar-refractivity contribution in [3.05, 3.63) is 12.7 Å². The van der Waals surface area contributed by atoms with Crippen molar-refractivity contribution in [2.45, 2.75) is 44.8 Å². The van der Waals surface area contributed by atoms with E-state index in [1.54, 1.807) is 0 Å². The number of ether oxygens (including phenoxy) is 2. The van der Waals surface area contributed by atoms with Crippen molar-refractivity contribution in [1.82, 2.24) is 5.32 Å². The highest BCUT2D eigenvalue weighted by molar-refractivity contribution is 4.98. The van der Waals surface area contributed by atoms with E-state index in [9.17, 15) is 0 Å². The molecule has 1 heterocycles. The zero-order valence-corrected chi connectivity index (χ0v) is 10.6. The van der Waals surface area contributed by atoms with Crippen LogP contribution >= 0.6 is 0 Å². The number of hydrogen-bond acceptors (Lipinski definition) is 3. The molecule has 1 atom stereocenters. The predicted octanol–water partition coefficient (Wildman–Crippen LogP) is 2.13. The zero-order chi connectivity index (χ0) is 11.9. The molecule has 1 N–H and O–H groups in total. The quantitative estimate of drug-likeness (QED) is 0.676. The lowest BCUT2D eigenvalue weighted by Gasteiger charge is -2.43. The second-order valence-electron chi connectivity index (χ2n) is 4.24. The van der Waals surface area contributed by atoms with Gasteiger partial charge in [-0.1, -0.05) is 13.0 Å². The Labute approximate surface area is 99.2 Å². The molecule has 94 valence electrons. The Kier molecular flexibility index (Phi) is 6.03. The summed E-state index contributed by atoms with van der Waals surface area (Å²) < 4.78 is 11.5. The molecule has 16 heavy (non-hydrogen) atoms. The van der Waals surface area contributed by atoms with E-state index in [-0.39, 0.29) is 5.60 Å². The third-order valence-corrected chi connectivity index (χ3v) is 3.26. The zero-order valence-electron chi connectivity index (χ0n) is 10.6. The van der Waals surface area contributed by atoms with Gasteiger partial charge in [0, 0.05) is 38.7 Å². The van der Waals surface area contributed by atoms with Crippen LogP contribution in [0.4, 0.5) is 0 Å². The third kappa shape index (κ3) is 3.30. The molecule has 0 spiro atoms. The molecule has 0 aromatic carbocycles. The molecule has 0 aliphatic carbocycles. The molecule has 3 nitrogen and oxygen atoms in total. The molecule has 1 aliphatic heterocycles. The van der Waals surface area contributed by atoms with E-state index in [4.69, 9.17) is 9.47 Å². The summed E-state index contributed by atoms with van der Waals surface area (Å²) in [5.41, 5.74) is -0.0583. The lowest BCUT2D eigenvalue weighted by atomic mass is 9.84. The van der Waals surface area contributed by atoms with Crippen LogP contribution in [0.1, 0.15) is 33.1 Å². The van der Waals surface area contributed by atoms with Crippen molar-refractivity contribution in [3.63, 3.8) is 0 Å². The van der Waals surface area contributed by atoms with Crippen molar-refractivity contribution in [2.24, 2.45) is 0 Å². The molecule has 0 aromatic heterocycles. The first-order valence-corrected chi connectivity index (χ1v) is 6.35. The molecular formula is C13H25NO2. The summed E-state index contributed by atoms with van der Waals surface area (Å²) in [4.78, 5) is 0. The molecule has 3 heteroatoms. The highest BCUT2D eigenvalue weighted by atomic mass is 16.5. The number of likely N-dealkylation sites (N-methyl/N-ethyl adjacent to an activating group) is 1. The SMILES string of the molecule is C=CCC(NCC)C1(OCC)CCOCC1. The number of hydrogen-bond donors (Lipinski definition) is 1. The molecule has 1 unspecified atom stereocenters. The summed E-state index contributed by atoms with van der Waals surface area (Å²) in [5, 5.41) is 3.53. The first kappa shape index (κ1) is 13.7. The molecule has 0 radical (unpaired) electrons. The van der Waals surface area contributed by atoms with Gasteiger partial charge in [-0.2, -0.15) is 0 Å². The molecule has 0 bridgehead atoms. The molecule has 1 aliphatic rings. The van der Waals surface area contributed by atoms with Gasteiger partial charge < -0.3 is 14.8 Å². The monoisotopic (exact) mass is 227 g/mol. The van der Waals surface area contributed by atoms with Crippen LogP contribution < -0.4 is 5.32 Å². The van der Waals surface area contributed by atoms with Gasteiger partial charge in [0.1, 0.15) is 0 Å². The molecule has 1 rings (SSSR count). The molecule has 1 fully saturated rings. The molecule has 0 amide bonds. The summed E-state index contributed by atoms with van der Waals surface area (Å²) in [6.45, 7) is 11.4. The number of nitrogens with one attached hydrogen (secondary N) is 1. The Morgan fingerprint density at radius 3 is 2.62 bits per heavy atom. The maximum Gasteiger partial charge on any atom is 0.0881 e. The average Bonchev–Trinajstić information content (AvgIpc) is 2.30. The van der Waals surface area contributed by atoms with Crippen LogP contribution in [0.15, 0.2) is 12.7 Å². The fourth-order valence-corrected chi connectivity index (χ4v) is 2.49.